The zero-order chi connectivity index (χ0) is 10.9. The van der Waals surface area contributed by atoms with Crippen LogP contribution >= 0.6 is 15.9 Å². The fraction of sp³-hybridized carbons (Fsp3) is 0. The second-order valence-corrected chi connectivity index (χ2v) is 3.31. The van der Waals surface area contributed by atoms with Crippen LogP contribution in [0.5, 0.6) is 11.5 Å². The molecule has 0 amide bonds. The van der Waals surface area contributed by atoms with E-state index in [1.54, 1.807) is 0 Å². The molecule has 6 heteroatoms. The number of carbonyl (C=O) groups excluding carboxylic acids is 1. The van der Waals surface area contributed by atoms with Crippen LogP contribution in [0.25, 0.3) is 0 Å². The highest BCUT2D eigenvalue weighted by Gasteiger charge is 2.17. The monoisotopic (exact) mass is 260 g/mol. The number of carboxylic acids is 1. The molecule has 3 N–H and O–H groups in total. The molecule has 0 aliphatic rings. The van der Waals surface area contributed by atoms with Crippen LogP contribution < -0.4 is 0 Å². The molecule has 0 spiro atoms. The lowest BCUT2D eigenvalue weighted by Crippen LogP contribution is -2.12. The van der Waals surface area contributed by atoms with Gasteiger partial charge in [0.1, 0.15) is 0 Å². The lowest BCUT2D eigenvalue weighted by atomic mass is 10.1. The molecule has 0 aliphatic heterocycles. The fourth-order valence-electron chi connectivity index (χ4n) is 0.839. The van der Waals surface area contributed by atoms with E-state index in [-0.39, 0.29) is 10.0 Å². The minimum absolute atomic E-state index is 0.0575. The van der Waals surface area contributed by atoms with Crippen molar-refractivity contribution in [1.29, 1.82) is 0 Å². The van der Waals surface area contributed by atoms with Crippen molar-refractivity contribution >= 4 is 27.7 Å². The maximum Gasteiger partial charge on any atom is 0.377 e. The van der Waals surface area contributed by atoms with E-state index >= 15 is 0 Å². The predicted octanol–water partition coefficient (Wildman–Crippen LogP) is 1.13. The lowest BCUT2D eigenvalue weighted by molar-refractivity contribution is -0.131. The van der Waals surface area contributed by atoms with Gasteiger partial charge in [0, 0.05) is 5.56 Å². The molecule has 0 radical (unpaired) electrons. The molecular formula is C8H5BrO5. The second-order valence-electron chi connectivity index (χ2n) is 2.46. The van der Waals surface area contributed by atoms with Crippen molar-refractivity contribution in [2.45, 2.75) is 0 Å². The Bertz CT molecular complexity index is 389. The first-order valence-electron chi connectivity index (χ1n) is 3.42. The molecule has 14 heavy (non-hydrogen) atoms. The number of benzene rings is 1. The Morgan fingerprint density at radius 3 is 2.21 bits per heavy atom. The van der Waals surface area contributed by atoms with E-state index < -0.39 is 23.3 Å². The predicted molar refractivity (Wildman–Crippen MR) is 49.4 cm³/mol. The summed E-state index contributed by atoms with van der Waals surface area (Å²) >= 11 is 2.86. The quantitative estimate of drug-likeness (QED) is 0.421. The molecule has 1 aromatic carbocycles. The van der Waals surface area contributed by atoms with Crippen molar-refractivity contribution in [2.24, 2.45) is 0 Å². The van der Waals surface area contributed by atoms with Crippen LogP contribution in [0.15, 0.2) is 16.6 Å². The SMILES string of the molecule is O=C(O)C(=O)c1cc(O)c(O)c(Br)c1. The summed E-state index contributed by atoms with van der Waals surface area (Å²) in [6, 6.07) is 2.00. The molecule has 0 unspecified atom stereocenters. The smallest absolute Gasteiger partial charge is 0.377 e. The number of phenols is 2. The Hall–Kier alpha value is -1.56. The molecule has 0 heterocycles. The zero-order valence-corrected chi connectivity index (χ0v) is 8.28. The van der Waals surface area contributed by atoms with Crippen LogP contribution in [-0.2, 0) is 4.79 Å². The Balaban J connectivity index is 3.26. The summed E-state index contributed by atoms with van der Waals surface area (Å²) in [6.07, 6.45) is 0. The zero-order valence-electron chi connectivity index (χ0n) is 6.69. The minimum atomic E-state index is -1.62. The normalized spacial score (nSPS) is 9.79. The summed E-state index contributed by atoms with van der Waals surface area (Å²) in [7, 11) is 0. The molecule has 1 rings (SSSR count). The van der Waals surface area contributed by atoms with Crippen molar-refractivity contribution in [1.82, 2.24) is 0 Å². The highest BCUT2D eigenvalue weighted by Crippen LogP contribution is 2.34. The maximum absolute atomic E-state index is 10.9. The largest absolute Gasteiger partial charge is 0.504 e. The number of aliphatic carboxylic acids is 1. The van der Waals surface area contributed by atoms with E-state index in [1.807, 2.05) is 0 Å². The summed E-state index contributed by atoms with van der Waals surface area (Å²) in [5.74, 6) is -3.76. The van der Waals surface area contributed by atoms with Gasteiger partial charge in [0.25, 0.3) is 5.78 Å². The standard InChI is InChI=1S/C8H5BrO5/c9-4-1-3(6(11)8(13)14)2-5(10)7(4)12/h1-2,10,12H,(H,13,14). The molecule has 0 saturated heterocycles. The Kier molecular flexibility index (Phi) is 2.76. The number of halogens is 1. The molecule has 1 aromatic rings. The molecule has 0 aromatic heterocycles. The van der Waals surface area contributed by atoms with Crippen molar-refractivity contribution in [3.63, 3.8) is 0 Å². The van der Waals surface area contributed by atoms with Gasteiger partial charge in [-0.2, -0.15) is 0 Å². The summed E-state index contributed by atoms with van der Waals surface area (Å²) in [5, 5.41) is 26.6. The van der Waals surface area contributed by atoms with Gasteiger partial charge in [-0.05, 0) is 28.1 Å². The summed E-state index contributed by atoms with van der Waals surface area (Å²) in [6.45, 7) is 0. The summed E-state index contributed by atoms with van der Waals surface area (Å²) < 4.78 is 0.0575. The first kappa shape index (κ1) is 10.5. The average molecular weight is 261 g/mol. The van der Waals surface area contributed by atoms with Gasteiger partial charge in [0.15, 0.2) is 11.5 Å². The van der Waals surface area contributed by atoms with Gasteiger partial charge in [0.05, 0.1) is 4.47 Å². The van der Waals surface area contributed by atoms with Gasteiger partial charge in [-0.25, -0.2) is 4.79 Å². The topological polar surface area (TPSA) is 94.8 Å². The Labute approximate surface area is 86.7 Å². The molecule has 0 bridgehead atoms. The molecule has 0 fully saturated rings. The molecule has 0 atom stereocenters. The van der Waals surface area contributed by atoms with Gasteiger partial charge in [-0.3, -0.25) is 4.79 Å². The summed E-state index contributed by atoms with van der Waals surface area (Å²) in [5.41, 5.74) is -0.209. The average Bonchev–Trinajstić information content (AvgIpc) is 2.12. The molecule has 74 valence electrons. The number of ketones is 1. The van der Waals surface area contributed by atoms with Crippen LogP contribution in [0.2, 0.25) is 0 Å². The minimum Gasteiger partial charge on any atom is -0.504 e. The van der Waals surface area contributed by atoms with Gasteiger partial charge in [-0.15, -0.1) is 0 Å². The first-order chi connectivity index (χ1) is 6.43. The van der Waals surface area contributed by atoms with E-state index in [2.05, 4.69) is 15.9 Å². The highest BCUT2D eigenvalue weighted by molar-refractivity contribution is 9.10. The van der Waals surface area contributed by atoms with Crippen LogP contribution in [0.3, 0.4) is 0 Å². The van der Waals surface area contributed by atoms with E-state index in [4.69, 9.17) is 15.3 Å². The third-order valence-corrected chi connectivity index (χ3v) is 2.10. The van der Waals surface area contributed by atoms with Crippen LogP contribution in [0.1, 0.15) is 10.4 Å². The van der Waals surface area contributed by atoms with Crippen LogP contribution in [-0.4, -0.2) is 27.1 Å². The fourth-order valence-corrected chi connectivity index (χ4v) is 1.29. The third kappa shape index (κ3) is 1.85. The molecule has 0 saturated carbocycles. The molecule has 5 nitrogen and oxygen atoms in total. The number of hydrogen-bond donors (Lipinski definition) is 3. The molecular weight excluding hydrogens is 256 g/mol. The van der Waals surface area contributed by atoms with E-state index in [0.29, 0.717) is 0 Å². The maximum atomic E-state index is 10.9. The van der Waals surface area contributed by atoms with E-state index in [1.165, 1.54) is 0 Å². The Morgan fingerprint density at radius 2 is 1.79 bits per heavy atom. The van der Waals surface area contributed by atoms with Crippen molar-refractivity contribution < 1.29 is 24.9 Å². The van der Waals surface area contributed by atoms with Crippen LogP contribution in [0, 0.1) is 0 Å². The second kappa shape index (κ2) is 3.67. The summed E-state index contributed by atoms with van der Waals surface area (Å²) in [4.78, 5) is 21.2. The number of phenolic OH excluding ortho intramolecular Hbond substituents is 2. The number of Topliss-reactive ketones (excluding diaryl/α,β-unsaturated/α-hetero) is 1. The Morgan fingerprint density at radius 1 is 1.21 bits per heavy atom. The number of hydrogen-bond acceptors (Lipinski definition) is 4. The van der Waals surface area contributed by atoms with Crippen molar-refractivity contribution in [2.75, 3.05) is 0 Å². The first-order valence-corrected chi connectivity index (χ1v) is 4.22. The number of carboxylic acid groups (broad SMARTS) is 1. The van der Waals surface area contributed by atoms with Crippen molar-refractivity contribution in [3.8, 4) is 11.5 Å². The van der Waals surface area contributed by atoms with Crippen LogP contribution in [0.4, 0.5) is 0 Å². The lowest BCUT2D eigenvalue weighted by Gasteiger charge is -2.02. The number of rotatable bonds is 2. The van der Waals surface area contributed by atoms with E-state index in [0.717, 1.165) is 12.1 Å². The van der Waals surface area contributed by atoms with Gasteiger partial charge in [-0.1, -0.05) is 0 Å². The van der Waals surface area contributed by atoms with Gasteiger partial charge in [0.2, 0.25) is 0 Å². The highest BCUT2D eigenvalue weighted by atomic mass is 79.9. The molecule has 0 aliphatic carbocycles. The number of carbonyl (C=O) groups is 2. The van der Waals surface area contributed by atoms with Crippen molar-refractivity contribution in [3.05, 3.63) is 22.2 Å². The number of aromatic hydroxyl groups is 2. The third-order valence-electron chi connectivity index (χ3n) is 1.50. The van der Waals surface area contributed by atoms with E-state index in [9.17, 15) is 9.59 Å². The van der Waals surface area contributed by atoms with Gasteiger partial charge >= 0.3 is 5.97 Å². The van der Waals surface area contributed by atoms with Gasteiger partial charge < -0.3 is 15.3 Å².